The maximum atomic E-state index is 12.0. The molecule has 106 valence electrons. The fourth-order valence-corrected chi connectivity index (χ4v) is 1.57. The zero-order valence-corrected chi connectivity index (χ0v) is 12.1. The van der Waals surface area contributed by atoms with E-state index in [1.807, 2.05) is 0 Å². The molecule has 0 radical (unpaired) electrons. The van der Waals surface area contributed by atoms with E-state index >= 15 is 0 Å². The number of rotatable bonds is 5. The summed E-state index contributed by atoms with van der Waals surface area (Å²) in [7, 11) is 3.31. The average Bonchev–Trinajstić information content (AvgIpc) is 2.77. The number of nitrogens with one attached hydrogen (secondary N) is 1. The van der Waals surface area contributed by atoms with Crippen molar-refractivity contribution in [3.05, 3.63) is 11.8 Å². The van der Waals surface area contributed by atoms with Crippen LogP contribution in [0.15, 0.2) is 6.07 Å². The number of aromatic nitrogens is 2. The number of anilines is 1. The second-order valence-electron chi connectivity index (χ2n) is 4.62. The van der Waals surface area contributed by atoms with Gasteiger partial charge in [0.25, 0.3) is 0 Å². The predicted molar refractivity (Wildman–Crippen MR) is 74.2 cm³/mol. The van der Waals surface area contributed by atoms with Gasteiger partial charge in [0.2, 0.25) is 5.91 Å². The molecule has 6 heteroatoms. The van der Waals surface area contributed by atoms with Crippen LogP contribution in [0.25, 0.3) is 0 Å². The first-order chi connectivity index (χ1) is 8.99. The molecule has 0 fully saturated rings. The number of carbonyl (C=O) groups is 2. The van der Waals surface area contributed by atoms with E-state index in [0.29, 0.717) is 12.2 Å². The molecule has 0 atom stereocenters. The van der Waals surface area contributed by atoms with E-state index in [1.165, 1.54) is 9.58 Å². The van der Waals surface area contributed by atoms with Crippen LogP contribution >= 0.6 is 0 Å². The van der Waals surface area contributed by atoms with Crippen LogP contribution in [0.3, 0.4) is 0 Å². The molecule has 0 saturated carbocycles. The summed E-state index contributed by atoms with van der Waals surface area (Å²) in [6.45, 7) is 3.86. The van der Waals surface area contributed by atoms with Crippen LogP contribution in [0, 0.1) is 0 Å². The molecule has 0 bridgehead atoms. The van der Waals surface area contributed by atoms with Crippen LogP contribution in [-0.4, -0.2) is 40.7 Å². The fraction of sp³-hybridized carbons (Fsp3) is 0.615. The number of amides is 2. The first-order valence-corrected chi connectivity index (χ1v) is 6.60. The van der Waals surface area contributed by atoms with Crippen molar-refractivity contribution in [2.75, 3.05) is 19.4 Å². The normalized spacial score (nSPS) is 10.3. The Hall–Kier alpha value is -1.85. The minimum Gasteiger partial charge on any atom is -0.329 e. The van der Waals surface area contributed by atoms with E-state index in [1.54, 1.807) is 27.1 Å². The number of nitrogens with zero attached hydrogens (tertiary/aromatic N) is 3. The molecule has 0 aliphatic rings. The van der Waals surface area contributed by atoms with Gasteiger partial charge in [-0.25, -0.2) is 4.79 Å². The largest absolute Gasteiger partial charge is 0.346 e. The standard InChI is InChI=1S/C13H22N4O2/c1-5-7-8-10-9-11(14-12(18)6-2)17(15-10)13(19)16(3)4/h9H,5-8H2,1-4H3,(H,14,18). The number of hydrogen-bond acceptors (Lipinski definition) is 3. The molecule has 0 unspecified atom stereocenters. The average molecular weight is 266 g/mol. The summed E-state index contributed by atoms with van der Waals surface area (Å²) in [5, 5.41) is 6.97. The molecule has 0 aliphatic heterocycles. The Bertz CT molecular complexity index is 451. The lowest BCUT2D eigenvalue weighted by molar-refractivity contribution is -0.115. The highest BCUT2D eigenvalue weighted by molar-refractivity contribution is 5.92. The third kappa shape index (κ3) is 4.08. The van der Waals surface area contributed by atoms with Crippen LogP contribution < -0.4 is 5.32 Å². The van der Waals surface area contributed by atoms with Crippen molar-refractivity contribution in [2.45, 2.75) is 39.5 Å². The molecule has 0 saturated heterocycles. The number of aryl methyl sites for hydroxylation is 1. The summed E-state index contributed by atoms with van der Waals surface area (Å²) in [5.74, 6) is 0.311. The van der Waals surface area contributed by atoms with E-state index in [4.69, 9.17) is 0 Å². The Labute approximate surface area is 113 Å². The zero-order chi connectivity index (χ0) is 14.4. The second kappa shape index (κ2) is 6.92. The highest BCUT2D eigenvalue weighted by atomic mass is 16.2. The fourth-order valence-electron chi connectivity index (χ4n) is 1.57. The molecule has 1 rings (SSSR count). The Balaban J connectivity index is 2.99. The second-order valence-corrected chi connectivity index (χ2v) is 4.62. The third-order valence-corrected chi connectivity index (χ3v) is 2.70. The molecule has 2 amide bonds. The highest BCUT2D eigenvalue weighted by Gasteiger charge is 2.17. The summed E-state index contributed by atoms with van der Waals surface area (Å²) in [4.78, 5) is 24.9. The molecule has 0 spiro atoms. The molecular weight excluding hydrogens is 244 g/mol. The van der Waals surface area contributed by atoms with Crippen molar-refractivity contribution in [3.63, 3.8) is 0 Å². The molecule has 0 aliphatic carbocycles. The summed E-state index contributed by atoms with van der Waals surface area (Å²) in [5.41, 5.74) is 0.823. The summed E-state index contributed by atoms with van der Waals surface area (Å²) in [6.07, 6.45) is 3.24. The van der Waals surface area contributed by atoms with Gasteiger partial charge in [-0.05, 0) is 12.8 Å². The van der Waals surface area contributed by atoms with Gasteiger partial charge in [0, 0.05) is 26.6 Å². The van der Waals surface area contributed by atoms with Gasteiger partial charge in [0.05, 0.1) is 5.69 Å². The Morgan fingerprint density at radius 1 is 1.37 bits per heavy atom. The Morgan fingerprint density at radius 3 is 2.58 bits per heavy atom. The lowest BCUT2D eigenvalue weighted by Crippen LogP contribution is -2.30. The first-order valence-electron chi connectivity index (χ1n) is 6.60. The maximum absolute atomic E-state index is 12.0. The van der Waals surface area contributed by atoms with Crippen molar-refractivity contribution in [1.29, 1.82) is 0 Å². The summed E-state index contributed by atoms with van der Waals surface area (Å²) in [6, 6.07) is 1.50. The van der Waals surface area contributed by atoms with Gasteiger partial charge >= 0.3 is 6.03 Å². The van der Waals surface area contributed by atoms with Gasteiger partial charge in [-0.15, -0.1) is 0 Å². The van der Waals surface area contributed by atoms with Gasteiger partial charge in [0.15, 0.2) is 0 Å². The molecule has 1 N–H and O–H groups in total. The van der Waals surface area contributed by atoms with E-state index in [2.05, 4.69) is 17.3 Å². The first kappa shape index (κ1) is 15.2. The quantitative estimate of drug-likeness (QED) is 0.887. The topological polar surface area (TPSA) is 67.2 Å². The minimum atomic E-state index is -0.269. The molecule has 0 aromatic carbocycles. The summed E-state index contributed by atoms with van der Waals surface area (Å²) >= 11 is 0. The Morgan fingerprint density at radius 2 is 2.05 bits per heavy atom. The van der Waals surface area contributed by atoms with Crippen molar-refractivity contribution < 1.29 is 9.59 Å². The minimum absolute atomic E-state index is 0.130. The van der Waals surface area contributed by atoms with Crippen LogP contribution in [-0.2, 0) is 11.2 Å². The van der Waals surface area contributed by atoms with Crippen LogP contribution in [0.5, 0.6) is 0 Å². The molecule has 1 heterocycles. The molecule has 1 aromatic rings. The van der Waals surface area contributed by atoms with E-state index in [9.17, 15) is 9.59 Å². The summed E-state index contributed by atoms with van der Waals surface area (Å²) < 4.78 is 1.25. The molecule has 6 nitrogen and oxygen atoms in total. The van der Waals surface area contributed by atoms with Crippen LogP contribution in [0.4, 0.5) is 10.6 Å². The molecule has 1 aromatic heterocycles. The number of carbonyl (C=O) groups excluding carboxylic acids is 2. The lowest BCUT2D eigenvalue weighted by Gasteiger charge is -2.12. The van der Waals surface area contributed by atoms with Crippen molar-refractivity contribution in [1.82, 2.24) is 14.7 Å². The maximum Gasteiger partial charge on any atom is 0.346 e. The monoisotopic (exact) mass is 266 g/mol. The van der Waals surface area contributed by atoms with E-state index in [-0.39, 0.29) is 11.9 Å². The lowest BCUT2D eigenvalue weighted by atomic mass is 10.2. The van der Waals surface area contributed by atoms with Gasteiger partial charge < -0.3 is 10.2 Å². The van der Waals surface area contributed by atoms with Crippen LogP contribution in [0.2, 0.25) is 0 Å². The van der Waals surface area contributed by atoms with Gasteiger partial charge in [0.1, 0.15) is 5.82 Å². The predicted octanol–water partition coefficient (Wildman–Crippen LogP) is 2.10. The van der Waals surface area contributed by atoms with Crippen molar-refractivity contribution in [3.8, 4) is 0 Å². The third-order valence-electron chi connectivity index (χ3n) is 2.70. The molecule has 19 heavy (non-hydrogen) atoms. The highest BCUT2D eigenvalue weighted by Crippen LogP contribution is 2.14. The van der Waals surface area contributed by atoms with Crippen LogP contribution in [0.1, 0.15) is 38.8 Å². The number of unbranched alkanes of at least 4 members (excludes halogenated alkanes) is 1. The van der Waals surface area contributed by atoms with Crippen molar-refractivity contribution in [2.24, 2.45) is 0 Å². The molecular formula is C13H22N4O2. The van der Waals surface area contributed by atoms with Gasteiger partial charge in [-0.1, -0.05) is 20.3 Å². The van der Waals surface area contributed by atoms with E-state index < -0.39 is 0 Å². The zero-order valence-electron chi connectivity index (χ0n) is 12.1. The van der Waals surface area contributed by atoms with Gasteiger partial charge in [-0.2, -0.15) is 9.78 Å². The number of hydrogen-bond donors (Lipinski definition) is 1. The SMILES string of the molecule is CCCCc1cc(NC(=O)CC)n(C(=O)N(C)C)n1. The van der Waals surface area contributed by atoms with Crippen molar-refractivity contribution >= 4 is 17.8 Å². The van der Waals surface area contributed by atoms with Gasteiger partial charge in [-0.3, -0.25) is 4.79 Å². The Kier molecular flexibility index (Phi) is 5.54. The van der Waals surface area contributed by atoms with E-state index in [0.717, 1.165) is 25.0 Å². The smallest absolute Gasteiger partial charge is 0.329 e.